The van der Waals surface area contributed by atoms with Crippen LogP contribution in [-0.4, -0.2) is 12.5 Å². The van der Waals surface area contributed by atoms with E-state index in [1.165, 1.54) is 0 Å². The van der Waals surface area contributed by atoms with Gasteiger partial charge in [-0.15, -0.1) is 0 Å². The minimum absolute atomic E-state index is 0.124. The smallest absolute Gasteiger partial charge is 0.279 e. The fraction of sp³-hybridized carbons (Fsp3) is 0.278. The van der Waals surface area contributed by atoms with E-state index < -0.39 is 11.6 Å². The minimum atomic E-state index is -0.650. The van der Waals surface area contributed by atoms with Crippen molar-refractivity contribution < 1.29 is 18.9 Å². The van der Waals surface area contributed by atoms with Crippen LogP contribution in [-0.2, 0) is 4.79 Å². The van der Waals surface area contributed by atoms with Gasteiger partial charge in [-0.05, 0) is 12.1 Å². The lowest BCUT2D eigenvalue weighted by Crippen LogP contribution is -2.88. The van der Waals surface area contributed by atoms with Crippen molar-refractivity contribution in [3.05, 3.63) is 65.7 Å². The molecule has 122 valence electrons. The van der Waals surface area contributed by atoms with Gasteiger partial charge >= 0.3 is 0 Å². The molecule has 3 nitrogen and oxygen atoms in total. The Morgan fingerprint density at radius 3 is 2.48 bits per heavy atom. The molecular formula is C18H21F2N2O+. The molecule has 5 heteroatoms. The predicted molar refractivity (Wildman–Crippen MR) is 85.8 cm³/mol. The van der Waals surface area contributed by atoms with Gasteiger partial charge in [0, 0.05) is 17.5 Å². The molecule has 1 atom stereocenters. The predicted octanol–water partition coefficient (Wildman–Crippen LogP) is 2.86. The Balaban J connectivity index is 1.98. The number of carbonyl (C=O) groups is 1. The highest BCUT2D eigenvalue weighted by Crippen LogP contribution is 2.17. The Morgan fingerprint density at radius 2 is 1.83 bits per heavy atom. The molecule has 1 amide bonds. The van der Waals surface area contributed by atoms with Crippen molar-refractivity contribution in [2.24, 2.45) is 5.92 Å². The number of hydrogen-bond donors (Lipinski definition) is 2. The van der Waals surface area contributed by atoms with Gasteiger partial charge in [0.2, 0.25) is 0 Å². The zero-order valence-corrected chi connectivity index (χ0v) is 13.2. The van der Waals surface area contributed by atoms with Gasteiger partial charge < -0.3 is 10.6 Å². The highest BCUT2D eigenvalue weighted by atomic mass is 19.1. The molecule has 0 radical (unpaired) electrons. The molecule has 0 aromatic heterocycles. The highest BCUT2D eigenvalue weighted by molar-refractivity contribution is 5.91. The standard InChI is InChI=1S/C18H20F2N2O/c1-12(2)18(13-6-4-3-5-7-13)21-11-17(23)22-16-10-14(19)8-9-15(16)20/h3-10,12,18,21H,11H2,1-2H3,(H,22,23)/p+1/t18-/m0/s1. The molecule has 0 saturated heterocycles. The van der Waals surface area contributed by atoms with E-state index in [1.807, 2.05) is 35.6 Å². The molecule has 0 unspecified atom stereocenters. The first-order valence-corrected chi connectivity index (χ1v) is 7.60. The van der Waals surface area contributed by atoms with Crippen LogP contribution in [0.3, 0.4) is 0 Å². The van der Waals surface area contributed by atoms with Gasteiger partial charge in [-0.2, -0.15) is 0 Å². The summed E-state index contributed by atoms with van der Waals surface area (Å²) in [5, 5.41) is 4.32. The van der Waals surface area contributed by atoms with Crippen LogP contribution in [0, 0.1) is 17.6 Å². The van der Waals surface area contributed by atoms with Crippen molar-refractivity contribution in [1.82, 2.24) is 0 Å². The lowest BCUT2D eigenvalue weighted by Gasteiger charge is -2.19. The van der Waals surface area contributed by atoms with Gasteiger partial charge in [0.1, 0.15) is 17.7 Å². The first kappa shape index (κ1) is 17.1. The monoisotopic (exact) mass is 319 g/mol. The van der Waals surface area contributed by atoms with Gasteiger partial charge in [0.25, 0.3) is 5.91 Å². The maximum Gasteiger partial charge on any atom is 0.279 e. The number of rotatable bonds is 6. The maximum atomic E-state index is 13.5. The number of amides is 1. The van der Waals surface area contributed by atoms with Crippen LogP contribution in [0.25, 0.3) is 0 Å². The molecule has 0 aliphatic heterocycles. The zero-order chi connectivity index (χ0) is 16.8. The van der Waals surface area contributed by atoms with Gasteiger partial charge in [0.15, 0.2) is 6.54 Å². The molecule has 0 aliphatic rings. The van der Waals surface area contributed by atoms with Gasteiger partial charge in [-0.1, -0.05) is 44.2 Å². The summed E-state index contributed by atoms with van der Waals surface area (Å²) in [6.07, 6.45) is 0. The number of benzene rings is 2. The van der Waals surface area contributed by atoms with E-state index >= 15 is 0 Å². The summed E-state index contributed by atoms with van der Waals surface area (Å²) in [7, 11) is 0. The molecule has 23 heavy (non-hydrogen) atoms. The third kappa shape index (κ3) is 4.86. The van der Waals surface area contributed by atoms with Crippen LogP contribution >= 0.6 is 0 Å². The van der Waals surface area contributed by atoms with Crippen molar-refractivity contribution >= 4 is 11.6 Å². The molecule has 0 aliphatic carbocycles. The van der Waals surface area contributed by atoms with Crippen molar-refractivity contribution in [3.8, 4) is 0 Å². The third-order valence-corrected chi connectivity index (χ3v) is 3.66. The Labute approximate surface area is 134 Å². The maximum absolute atomic E-state index is 13.5. The summed E-state index contributed by atoms with van der Waals surface area (Å²) in [6.45, 7) is 4.30. The molecule has 2 aromatic carbocycles. The lowest BCUT2D eigenvalue weighted by molar-refractivity contribution is -0.692. The molecule has 0 bridgehead atoms. The van der Waals surface area contributed by atoms with E-state index in [4.69, 9.17) is 0 Å². The van der Waals surface area contributed by atoms with Crippen LogP contribution in [0.1, 0.15) is 25.5 Å². The topological polar surface area (TPSA) is 45.7 Å². The van der Waals surface area contributed by atoms with Gasteiger partial charge in [-0.25, -0.2) is 8.78 Å². The van der Waals surface area contributed by atoms with E-state index in [9.17, 15) is 13.6 Å². The molecule has 2 rings (SSSR count). The number of nitrogens with one attached hydrogen (secondary N) is 1. The van der Waals surface area contributed by atoms with Gasteiger partial charge in [0.05, 0.1) is 5.69 Å². The number of carbonyl (C=O) groups excluding carboxylic acids is 1. The number of anilines is 1. The Kier molecular flexibility index (Phi) is 5.82. The van der Waals surface area contributed by atoms with E-state index in [1.54, 1.807) is 0 Å². The van der Waals surface area contributed by atoms with Crippen LogP contribution in [0.4, 0.5) is 14.5 Å². The summed E-state index contributed by atoms with van der Waals surface area (Å²) in [5.74, 6) is -1.27. The second kappa shape index (κ2) is 7.83. The average Bonchev–Trinajstić information content (AvgIpc) is 2.52. The molecule has 0 spiro atoms. The first-order chi connectivity index (χ1) is 11.0. The molecule has 3 N–H and O–H groups in total. The Morgan fingerprint density at radius 1 is 1.13 bits per heavy atom. The second-order valence-corrected chi connectivity index (χ2v) is 5.79. The first-order valence-electron chi connectivity index (χ1n) is 7.60. The highest BCUT2D eigenvalue weighted by Gasteiger charge is 2.20. The Hall–Kier alpha value is -2.27. The summed E-state index contributed by atoms with van der Waals surface area (Å²) in [6, 6.07) is 13.0. The average molecular weight is 319 g/mol. The lowest BCUT2D eigenvalue weighted by atomic mass is 9.96. The number of halogens is 2. The molecule has 2 aromatic rings. The third-order valence-electron chi connectivity index (χ3n) is 3.66. The summed E-state index contributed by atoms with van der Waals surface area (Å²) in [4.78, 5) is 12.0. The Bertz CT molecular complexity index is 659. The normalized spacial score (nSPS) is 12.2. The second-order valence-electron chi connectivity index (χ2n) is 5.79. The largest absolute Gasteiger partial charge is 0.332 e. The summed E-state index contributed by atoms with van der Waals surface area (Å²) in [5.41, 5.74) is 0.997. The number of quaternary nitrogens is 1. The van der Waals surface area contributed by atoms with Crippen molar-refractivity contribution in [1.29, 1.82) is 0 Å². The fourth-order valence-corrected chi connectivity index (χ4v) is 2.50. The molecule has 0 saturated carbocycles. The fourth-order valence-electron chi connectivity index (χ4n) is 2.50. The molecule has 0 heterocycles. The van der Waals surface area contributed by atoms with E-state index in [-0.39, 0.29) is 24.2 Å². The zero-order valence-electron chi connectivity index (χ0n) is 13.2. The van der Waals surface area contributed by atoms with Gasteiger partial charge in [-0.3, -0.25) is 4.79 Å². The van der Waals surface area contributed by atoms with Crippen LogP contribution in [0.5, 0.6) is 0 Å². The molecular weight excluding hydrogens is 298 g/mol. The SMILES string of the molecule is CC(C)[C@H]([NH2+]CC(=O)Nc1cc(F)ccc1F)c1ccccc1. The van der Waals surface area contributed by atoms with E-state index in [2.05, 4.69) is 19.2 Å². The summed E-state index contributed by atoms with van der Waals surface area (Å²) >= 11 is 0. The summed E-state index contributed by atoms with van der Waals surface area (Å²) < 4.78 is 26.6. The van der Waals surface area contributed by atoms with Crippen molar-refractivity contribution in [2.75, 3.05) is 11.9 Å². The quantitative estimate of drug-likeness (QED) is 0.845. The van der Waals surface area contributed by atoms with Crippen LogP contribution in [0.15, 0.2) is 48.5 Å². The number of nitrogens with two attached hydrogens (primary N) is 1. The number of hydrogen-bond acceptors (Lipinski definition) is 1. The van der Waals surface area contributed by atoms with E-state index in [0.29, 0.717) is 5.92 Å². The molecule has 0 fully saturated rings. The van der Waals surface area contributed by atoms with Crippen molar-refractivity contribution in [2.45, 2.75) is 19.9 Å². The van der Waals surface area contributed by atoms with Crippen LogP contribution < -0.4 is 10.6 Å². The van der Waals surface area contributed by atoms with E-state index in [0.717, 1.165) is 23.8 Å². The van der Waals surface area contributed by atoms with Crippen molar-refractivity contribution in [3.63, 3.8) is 0 Å². The minimum Gasteiger partial charge on any atom is -0.332 e. The van der Waals surface area contributed by atoms with Crippen LogP contribution in [0.2, 0.25) is 0 Å².